The fraction of sp³-hybridized carbons (Fsp3) is 1.00. The van der Waals surface area contributed by atoms with Crippen molar-refractivity contribution in [3.63, 3.8) is 0 Å². The van der Waals surface area contributed by atoms with Gasteiger partial charge in [0.15, 0.2) is 5.79 Å². The van der Waals surface area contributed by atoms with Crippen LogP contribution in [0.25, 0.3) is 0 Å². The van der Waals surface area contributed by atoms with E-state index in [1.807, 2.05) is 13.8 Å². The van der Waals surface area contributed by atoms with E-state index in [4.69, 9.17) is 9.47 Å². The number of fused-ring (bicyclic) bond motifs is 1. The zero-order valence-corrected chi connectivity index (χ0v) is 9.77. The van der Waals surface area contributed by atoms with Crippen molar-refractivity contribution in [2.45, 2.75) is 51.2 Å². The summed E-state index contributed by atoms with van der Waals surface area (Å²) >= 11 is 0. The van der Waals surface area contributed by atoms with E-state index < -0.39 is 5.79 Å². The lowest BCUT2D eigenvalue weighted by atomic mass is 10.1. The number of nitrogens with zero attached hydrogens (tertiary/aromatic N) is 1. The van der Waals surface area contributed by atoms with Crippen LogP contribution in [0.2, 0.25) is 0 Å². The van der Waals surface area contributed by atoms with Crippen molar-refractivity contribution >= 4 is 0 Å². The van der Waals surface area contributed by atoms with Crippen LogP contribution in [0, 0.1) is 0 Å². The Kier molecular flexibility index (Phi) is 3.03. The number of hydrogen-bond acceptors (Lipinski definition) is 4. The molecule has 0 amide bonds. The summed E-state index contributed by atoms with van der Waals surface area (Å²) in [7, 11) is 0. The van der Waals surface area contributed by atoms with Crippen LogP contribution in [0.15, 0.2) is 0 Å². The van der Waals surface area contributed by atoms with Crippen LogP contribution in [0.1, 0.15) is 27.2 Å². The smallest absolute Gasteiger partial charge is 0.163 e. The van der Waals surface area contributed by atoms with Crippen LogP contribution >= 0.6 is 0 Å². The molecule has 0 aliphatic carbocycles. The molecular formula is C11H21NO3. The number of aliphatic hydroxyl groups is 1. The molecule has 0 spiro atoms. The third-order valence-electron chi connectivity index (χ3n) is 3.18. The Hall–Kier alpha value is -0.160. The van der Waals surface area contributed by atoms with Crippen LogP contribution in [0.5, 0.6) is 0 Å². The predicted molar refractivity (Wildman–Crippen MR) is 56.6 cm³/mol. The molecule has 2 rings (SSSR count). The molecule has 2 aliphatic rings. The minimum atomic E-state index is -0.485. The Labute approximate surface area is 91.2 Å². The monoisotopic (exact) mass is 215 g/mol. The van der Waals surface area contributed by atoms with Gasteiger partial charge in [-0.15, -0.1) is 0 Å². The summed E-state index contributed by atoms with van der Waals surface area (Å²) < 4.78 is 11.6. The first-order valence-electron chi connectivity index (χ1n) is 5.78. The lowest BCUT2D eigenvalue weighted by Crippen LogP contribution is -2.41. The van der Waals surface area contributed by atoms with E-state index in [0.717, 1.165) is 19.5 Å². The van der Waals surface area contributed by atoms with Gasteiger partial charge < -0.3 is 14.6 Å². The van der Waals surface area contributed by atoms with E-state index in [-0.39, 0.29) is 24.9 Å². The van der Waals surface area contributed by atoms with Gasteiger partial charge in [0.1, 0.15) is 12.2 Å². The molecule has 2 heterocycles. The third-order valence-corrected chi connectivity index (χ3v) is 3.18. The molecule has 0 aromatic carbocycles. The first-order chi connectivity index (χ1) is 7.07. The molecule has 0 bridgehead atoms. The fourth-order valence-corrected chi connectivity index (χ4v) is 2.67. The summed E-state index contributed by atoms with van der Waals surface area (Å²) in [4.78, 5) is 2.27. The highest BCUT2D eigenvalue weighted by atomic mass is 16.8. The van der Waals surface area contributed by atoms with Crippen LogP contribution in [0.4, 0.5) is 0 Å². The first-order valence-corrected chi connectivity index (χ1v) is 5.78. The van der Waals surface area contributed by atoms with Gasteiger partial charge in [0.05, 0.1) is 12.6 Å². The summed E-state index contributed by atoms with van der Waals surface area (Å²) in [5.41, 5.74) is 0. The zero-order valence-electron chi connectivity index (χ0n) is 9.77. The minimum absolute atomic E-state index is 0.0385. The van der Waals surface area contributed by atoms with E-state index >= 15 is 0 Å². The van der Waals surface area contributed by atoms with Gasteiger partial charge in [-0.1, -0.05) is 6.92 Å². The van der Waals surface area contributed by atoms with Crippen molar-refractivity contribution in [3.8, 4) is 0 Å². The molecule has 2 saturated heterocycles. The Morgan fingerprint density at radius 3 is 2.73 bits per heavy atom. The first kappa shape index (κ1) is 11.3. The van der Waals surface area contributed by atoms with Crippen molar-refractivity contribution < 1.29 is 14.6 Å². The number of aliphatic hydroxyl groups excluding tert-OH is 1. The second-order valence-electron chi connectivity index (χ2n) is 4.88. The van der Waals surface area contributed by atoms with Crippen LogP contribution in [-0.4, -0.2) is 53.7 Å². The molecule has 1 N–H and O–H groups in total. The van der Waals surface area contributed by atoms with E-state index in [1.54, 1.807) is 0 Å². The Bertz CT molecular complexity index is 232. The summed E-state index contributed by atoms with van der Waals surface area (Å²) in [5.74, 6) is -0.485. The average molecular weight is 215 g/mol. The molecule has 2 aliphatic heterocycles. The number of ether oxygens (including phenoxy) is 2. The molecule has 88 valence electrons. The SMILES string of the molecule is CCCN1C[C@H]2OC(C)(C)O[C@H]2[C@H]1CO. The fourth-order valence-electron chi connectivity index (χ4n) is 2.67. The highest BCUT2D eigenvalue weighted by Crippen LogP contribution is 2.36. The van der Waals surface area contributed by atoms with Gasteiger partial charge in [0, 0.05) is 6.54 Å². The van der Waals surface area contributed by atoms with Crippen LogP contribution < -0.4 is 0 Å². The summed E-state index contributed by atoms with van der Waals surface area (Å²) in [5, 5.41) is 9.40. The zero-order chi connectivity index (χ0) is 11.1. The minimum Gasteiger partial charge on any atom is -0.395 e. The summed E-state index contributed by atoms with van der Waals surface area (Å²) in [6.07, 6.45) is 1.26. The summed E-state index contributed by atoms with van der Waals surface area (Å²) in [6, 6.07) is 0.108. The highest BCUT2D eigenvalue weighted by molar-refractivity contribution is 4.99. The van der Waals surface area contributed by atoms with Gasteiger partial charge in [-0.25, -0.2) is 0 Å². The molecule has 4 heteroatoms. The quantitative estimate of drug-likeness (QED) is 0.748. The van der Waals surface area contributed by atoms with Crippen molar-refractivity contribution in [1.29, 1.82) is 0 Å². The van der Waals surface area contributed by atoms with E-state index in [9.17, 15) is 5.11 Å². The van der Waals surface area contributed by atoms with Gasteiger partial charge in [0.25, 0.3) is 0 Å². The molecule has 2 fully saturated rings. The maximum Gasteiger partial charge on any atom is 0.163 e. The van der Waals surface area contributed by atoms with Gasteiger partial charge in [-0.05, 0) is 26.8 Å². The Balaban J connectivity index is 2.04. The number of likely N-dealkylation sites (tertiary alicyclic amines) is 1. The third kappa shape index (κ3) is 2.04. The molecular weight excluding hydrogens is 194 g/mol. The van der Waals surface area contributed by atoms with E-state index in [1.165, 1.54) is 0 Å². The lowest BCUT2D eigenvalue weighted by molar-refractivity contribution is -0.163. The largest absolute Gasteiger partial charge is 0.395 e. The van der Waals surface area contributed by atoms with Crippen molar-refractivity contribution in [2.75, 3.05) is 19.7 Å². The van der Waals surface area contributed by atoms with Crippen LogP contribution in [-0.2, 0) is 9.47 Å². The predicted octanol–water partition coefficient (Wildman–Crippen LogP) is 0.593. The molecule has 0 radical (unpaired) electrons. The second kappa shape index (κ2) is 4.01. The Morgan fingerprint density at radius 2 is 2.13 bits per heavy atom. The van der Waals surface area contributed by atoms with Crippen molar-refractivity contribution in [1.82, 2.24) is 4.90 Å². The van der Waals surface area contributed by atoms with E-state index in [0.29, 0.717) is 0 Å². The van der Waals surface area contributed by atoms with Crippen molar-refractivity contribution in [2.24, 2.45) is 0 Å². The molecule has 3 atom stereocenters. The average Bonchev–Trinajstić information content (AvgIpc) is 2.56. The normalized spacial score (nSPS) is 39.6. The standard InChI is InChI=1S/C11H21NO3/c1-4-5-12-6-9-10(8(12)7-13)15-11(2,3)14-9/h8-10,13H,4-7H2,1-3H3/t8-,9-,10+/m1/s1. The molecule has 0 aromatic rings. The summed E-state index contributed by atoms with van der Waals surface area (Å²) in [6.45, 7) is 8.06. The molecule has 0 saturated carbocycles. The van der Waals surface area contributed by atoms with Gasteiger partial charge in [0.2, 0.25) is 0 Å². The van der Waals surface area contributed by atoms with E-state index in [2.05, 4.69) is 11.8 Å². The number of hydrogen-bond donors (Lipinski definition) is 1. The maximum absolute atomic E-state index is 9.40. The Morgan fingerprint density at radius 1 is 1.40 bits per heavy atom. The lowest BCUT2D eigenvalue weighted by Gasteiger charge is -2.28. The maximum atomic E-state index is 9.40. The second-order valence-corrected chi connectivity index (χ2v) is 4.88. The van der Waals surface area contributed by atoms with Crippen molar-refractivity contribution in [3.05, 3.63) is 0 Å². The van der Waals surface area contributed by atoms with Gasteiger partial charge in [-0.3, -0.25) is 4.90 Å². The number of rotatable bonds is 3. The molecule has 0 aromatic heterocycles. The topological polar surface area (TPSA) is 41.9 Å². The van der Waals surface area contributed by atoms with Gasteiger partial charge in [-0.2, -0.15) is 0 Å². The van der Waals surface area contributed by atoms with Gasteiger partial charge >= 0.3 is 0 Å². The molecule has 0 unspecified atom stereocenters. The highest BCUT2D eigenvalue weighted by Gasteiger charge is 2.51. The van der Waals surface area contributed by atoms with Crippen LogP contribution in [0.3, 0.4) is 0 Å². The molecule has 15 heavy (non-hydrogen) atoms. The molecule has 4 nitrogen and oxygen atoms in total.